The lowest BCUT2D eigenvalue weighted by atomic mass is 9.85. The largest absolute Gasteiger partial charge is 0.481 e. The Kier molecular flexibility index (Phi) is 4.97. The third-order valence-electron chi connectivity index (χ3n) is 3.47. The van der Waals surface area contributed by atoms with Crippen molar-refractivity contribution in [1.82, 2.24) is 4.90 Å². The fourth-order valence-electron chi connectivity index (χ4n) is 2.22. The molecule has 0 radical (unpaired) electrons. The van der Waals surface area contributed by atoms with Gasteiger partial charge in [-0.1, -0.05) is 13.8 Å². The first-order chi connectivity index (χ1) is 7.91. The van der Waals surface area contributed by atoms with Gasteiger partial charge in [0.2, 0.25) is 5.91 Å². The molecule has 1 N–H and O–H groups in total. The summed E-state index contributed by atoms with van der Waals surface area (Å²) in [6.07, 6.45) is 4.16. The molecule has 1 rings (SSSR count). The van der Waals surface area contributed by atoms with Gasteiger partial charge in [0.05, 0.1) is 0 Å². The first-order valence-electron chi connectivity index (χ1n) is 6.40. The molecule has 0 bridgehead atoms. The third kappa shape index (κ3) is 5.20. The zero-order valence-electron chi connectivity index (χ0n) is 10.9. The molecule has 98 valence electrons. The van der Waals surface area contributed by atoms with Crippen LogP contribution in [0.2, 0.25) is 0 Å². The van der Waals surface area contributed by atoms with Crippen LogP contribution in [0.1, 0.15) is 52.4 Å². The van der Waals surface area contributed by atoms with Crippen LogP contribution in [-0.4, -0.2) is 35.0 Å². The van der Waals surface area contributed by atoms with E-state index in [2.05, 4.69) is 13.8 Å². The minimum atomic E-state index is -0.824. The van der Waals surface area contributed by atoms with Gasteiger partial charge in [0.1, 0.15) is 0 Å². The van der Waals surface area contributed by atoms with Crippen LogP contribution in [0.5, 0.6) is 0 Å². The van der Waals surface area contributed by atoms with Crippen LogP contribution in [0.25, 0.3) is 0 Å². The number of carboxylic acid groups (broad SMARTS) is 1. The van der Waals surface area contributed by atoms with E-state index < -0.39 is 5.97 Å². The maximum absolute atomic E-state index is 11.9. The highest BCUT2D eigenvalue weighted by atomic mass is 16.4. The van der Waals surface area contributed by atoms with Crippen molar-refractivity contribution >= 4 is 11.9 Å². The van der Waals surface area contributed by atoms with Crippen LogP contribution in [0, 0.1) is 5.41 Å². The Labute approximate surface area is 103 Å². The van der Waals surface area contributed by atoms with Crippen LogP contribution in [0.15, 0.2) is 0 Å². The summed E-state index contributed by atoms with van der Waals surface area (Å²) < 4.78 is 0. The second-order valence-corrected chi connectivity index (χ2v) is 5.65. The molecule has 0 spiro atoms. The fourth-order valence-corrected chi connectivity index (χ4v) is 2.22. The number of hydrogen-bond donors (Lipinski definition) is 1. The molecule has 0 aromatic heterocycles. The summed E-state index contributed by atoms with van der Waals surface area (Å²) in [6, 6.07) is 0. The number of carbonyl (C=O) groups excluding carboxylic acids is 1. The van der Waals surface area contributed by atoms with E-state index in [1.807, 2.05) is 4.90 Å². The Morgan fingerprint density at radius 3 is 2.53 bits per heavy atom. The summed E-state index contributed by atoms with van der Waals surface area (Å²) in [5.74, 6) is -0.709. The SMILES string of the molecule is CC1(C)CCCN(C(=O)CCCC(=O)O)CC1. The van der Waals surface area contributed by atoms with Crippen LogP contribution < -0.4 is 0 Å². The summed E-state index contributed by atoms with van der Waals surface area (Å²) >= 11 is 0. The molecule has 0 aliphatic carbocycles. The normalized spacial score (nSPS) is 19.8. The molecule has 0 aromatic carbocycles. The van der Waals surface area contributed by atoms with Gasteiger partial charge in [0, 0.05) is 25.9 Å². The van der Waals surface area contributed by atoms with E-state index in [0.717, 1.165) is 32.4 Å². The topological polar surface area (TPSA) is 57.6 Å². The Morgan fingerprint density at radius 1 is 1.18 bits per heavy atom. The first kappa shape index (κ1) is 14.0. The molecule has 0 saturated carbocycles. The van der Waals surface area contributed by atoms with Crippen molar-refractivity contribution in [1.29, 1.82) is 0 Å². The van der Waals surface area contributed by atoms with Crippen LogP contribution in [0.3, 0.4) is 0 Å². The van der Waals surface area contributed by atoms with E-state index in [1.54, 1.807) is 0 Å². The Morgan fingerprint density at radius 2 is 1.88 bits per heavy atom. The number of hydrogen-bond acceptors (Lipinski definition) is 2. The number of nitrogens with zero attached hydrogens (tertiary/aromatic N) is 1. The van der Waals surface area contributed by atoms with Crippen molar-refractivity contribution in [3.63, 3.8) is 0 Å². The standard InChI is InChI=1S/C13H23NO3/c1-13(2)7-4-9-14(10-8-13)11(15)5-3-6-12(16)17/h3-10H2,1-2H3,(H,16,17). The molecule has 1 heterocycles. The molecule has 17 heavy (non-hydrogen) atoms. The minimum absolute atomic E-state index is 0.0884. The highest BCUT2D eigenvalue weighted by molar-refractivity contribution is 5.77. The van der Waals surface area contributed by atoms with Gasteiger partial charge in [0.25, 0.3) is 0 Å². The van der Waals surface area contributed by atoms with Crippen molar-refractivity contribution in [2.75, 3.05) is 13.1 Å². The van der Waals surface area contributed by atoms with Crippen molar-refractivity contribution in [3.05, 3.63) is 0 Å². The van der Waals surface area contributed by atoms with Crippen molar-refractivity contribution < 1.29 is 14.7 Å². The Bertz CT molecular complexity index is 286. The monoisotopic (exact) mass is 241 g/mol. The average Bonchev–Trinajstić information content (AvgIpc) is 2.38. The maximum atomic E-state index is 11.9. The quantitative estimate of drug-likeness (QED) is 0.821. The lowest BCUT2D eigenvalue weighted by molar-refractivity contribution is -0.137. The summed E-state index contributed by atoms with van der Waals surface area (Å²) in [7, 11) is 0. The van der Waals surface area contributed by atoms with Crippen molar-refractivity contribution in [2.24, 2.45) is 5.41 Å². The predicted molar refractivity (Wildman–Crippen MR) is 65.7 cm³/mol. The third-order valence-corrected chi connectivity index (χ3v) is 3.47. The number of carbonyl (C=O) groups is 2. The zero-order valence-corrected chi connectivity index (χ0v) is 10.9. The number of amides is 1. The second-order valence-electron chi connectivity index (χ2n) is 5.65. The number of carboxylic acids is 1. The Hall–Kier alpha value is -1.06. The highest BCUT2D eigenvalue weighted by Crippen LogP contribution is 2.29. The lowest BCUT2D eigenvalue weighted by Crippen LogP contribution is -2.32. The van der Waals surface area contributed by atoms with Crippen LogP contribution in [-0.2, 0) is 9.59 Å². The molecule has 0 aromatic rings. The van der Waals surface area contributed by atoms with E-state index in [-0.39, 0.29) is 12.3 Å². The first-order valence-corrected chi connectivity index (χ1v) is 6.40. The van der Waals surface area contributed by atoms with Gasteiger partial charge in [-0.05, 0) is 31.1 Å². The van der Waals surface area contributed by atoms with Crippen LogP contribution >= 0.6 is 0 Å². The molecule has 0 atom stereocenters. The van der Waals surface area contributed by atoms with Crippen molar-refractivity contribution in [2.45, 2.75) is 52.4 Å². The smallest absolute Gasteiger partial charge is 0.303 e. The fraction of sp³-hybridized carbons (Fsp3) is 0.846. The molecule has 1 aliphatic rings. The highest BCUT2D eigenvalue weighted by Gasteiger charge is 2.25. The summed E-state index contributed by atoms with van der Waals surface area (Å²) in [5.41, 5.74) is 0.329. The number of aliphatic carboxylic acids is 1. The molecule has 1 saturated heterocycles. The minimum Gasteiger partial charge on any atom is -0.481 e. The number of likely N-dealkylation sites (tertiary alicyclic amines) is 1. The molecule has 4 nitrogen and oxygen atoms in total. The summed E-state index contributed by atoms with van der Waals surface area (Å²) in [4.78, 5) is 24.1. The van der Waals surface area contributed by atoms with Gasteiger partial charge in [-0.15, -0.1) is 0 Å². The molecule has 1 amide bonds. The maximum Gasteiger partial charge on any atom is 0.303 e. The van der Waals surface area contributed by atoms with E-state index in [0.29, 0.717) is 18.3 Å². The van der Waals surface area contributed by atoms with Gasteiger partial charge in [-0.2, -0.15) is 0 Å². The lowest BCUT2D eigenvalue weighted by Gasteiger charge is -2.23. The van der Waals surface area contributed by atoms with E-state index in [9.17, 15) is 9.59 Å². The molecule has 1 fully saturated rings. The molecule has 1 aliphatic heterocycles. The van der Waals surface area contributed by atoms with Crippen LogP contribution in [0.4, 0.5) is 0 Å². The molecule has 4 heteroatoms. The van der Waals surface area contributed by atoms with Crippen molar-refractivity contribution in [3.8, 4) is 0 Å². The number of rotatable bonds is 4. The average molecular weight is 241 g/mol. The van der Waals surface area contributed by atoms with E-state index in [1.165, 1.54) is 0 Å². The molecular weight excluding hydrogens is 218 g/mol. The van der Waals surface area contributed by atoms with E-state index in [4.69, 9.17) is 5.11 Å². The van der Waals surface area contributed by atoms with Gasteiger partial charge < -0.3 is 10.0 Å². The molecular formula is C13H23NO3. The summed E-state index contributed by atoms with van der Waals surface area (Å²) in [5, 5.41) is 8.53. The van der Waals surface area contributed by atoms with Gasteiger partial charge >= 0.3 is 5.97 Å². The molecule has 0 unspecified atom stereocenters. The summed E-state index contributed by atoms with van der Waals surface area (Å²) in [6.45, 7) is 6.13. The van der Waals surface area contributed by atoms with Gasteiger partial charge in [-0.3, -0.25) is 9.59 Å². The van der Waals surface area contributed by atoms with Gasteiger partial charge in [-0.25, -0.2) is 0 Å². The van der Waals surface area contributed by atoms with E-state index >= 15 is 0 Å². The zero-order chi connectivity index (χ0) is 12.9. The Balaban J connectivity index is 2.34. The second kappa shape index (κ2) is 6.03. The predicted octanol–water partition coefficient (Wildman–Crippen LogP) is 2.28. The van der Waals surface area contributed by atoms with Gasteiger partial charge in [0.15, 0.2) is 0 Å².